The molecule has 0 saturated heterocycles. The van der Waals surface area contributed by atoms with Crippen LogP contribution in [0.5, 0.6) is 0 Å². The van der Waals surface area contributed by atoms with Gasteiger partial charge in [-0.3, -0.25) is 0 Å². The Morgan fingerprint density at radius 3 is 1.56 bits per heavy atom. The highest BCUT2D eigenvalue weighted by Crippen LogP contribution is 2.36. The zero-order chi connectivity index (χ0) is 17.1. The van der Waals surface area contributed by atoms with Gasteiger partial charge in [0.15, 0.2) is 0 Å². The van der Waals surface area contributed by atoms with Crippen molar-refractivity contribution < 1.29 is 0 Å². The van der Waals surface area contributed by atoms with Crippen molar-refractivity contribution in [2.24, 2.45) is 0 Å². The third-order valence-electron chi connectivity index (χ3n) is 4.03. The summed E-state index contributed by atoms with van der Waals surface area (Å²) in [4.78, 5) is 3.50. The summed E-state index contributed by atoms with van der Waals surface area (Å²) in [5.74, 6) is 0. The smallest absolute Gasteiger partial charge is 0.0574 e. The molecule has 122 valence electrons. The molecule has 1 heterocycles. The highest BCUT2D eigenvalue weighted by molar-refractivity contribution is 7.83. The summed E-state index contributed by atoms with van der Waals surface area (Å²) >= 11 is 6.11. The summed E-state index contributed by atoms with van der Waals surface area (Å²) in [6, 6.07) is 33.7. The van der Waals surface area contributed by atoms with Crippen LogP contribution in [-0.2, 0) is 0 Å². The van der Waals surface area contributed by atoms with Crippen LogP contribution < -0.4 is 4.90 Å². The molecule has 4 rings (SSSR count). The number of benzene rings is 3. The predicted octanol–water partition coefficient (Wildman–Crippen LogP) is 7.17. The average molecular weight is 360 g/mol. The molecule has 0 saturated carbocycles. The van der Waals surface area contributed by atoms with E-state index in [1.807, 2.05) is 18.2 Å². The highest BCUT2D eigenvalue weighted by atomic mass is 32.2. The van der Waals surface area contributed by atoms with Crippen LogP contribution >= 0.6 is 24.0 Å². The van der Waals surface area contributed by atoms with Crippen LogP contribution in [0.1, 0.15) is 0 Å². The van der Waals surface area contributed by atoms with Gasteiger partial charge in [-0.05, 0) is 54.1 Å². The number of nitrogens with zero attached hydrogens (tertiary/aromatic N) is 1. The van der Waals surface area contributed by atoms with Crippen molar-refractivity contribution in [3.63, 3.8) is 0 Å². The van der Waals surface area contributed by atoms with Crippen molar-refractivity contribution in [3.05, 3.63) is 97.1 Å². The summed E-state index contributed by atoms with van der Waals surface area (Å²) < 4.78 is 1.04. The minimum Gasteiger partial charge on any atom is -0.311 e. The summed E-state index contributed by atoms with van der Waals surface area (Å²) in [5, 5.41) is 0. The van der Waals surface area contributed by atoms with Gasteiger partial charge in [-0.25, -0.2) is 0 Å². The Balaban J connectivity index is 1.75. The second-order valence-electron chi connectivity index (χ2n) is 5.69. The molecule has 0 fully saturated rings. The van der Waals surface area contributed by atoms with Gasteiger partial charge in [-0.2, -0.15) is 0 Å². The van der Waals surface area contributed by atoms with Crippen LogP contribution in [0.2, 0.25) is 0 Å². The van der Waals surface area contributed by atoms with Gasteiger partial charge >= 0.3 is 0 Å². The van der Waals surface area contributed by atoms with Crippen LogP contribution in [-0.4, -0.2) is 0 Å². The Kier molecular flexibility index (Phi) is 4.59. The van der Waals surface area contributed by atoms with E-state index in [4.69, 9.17) is 0 Å². The molecule has 0 amide bonds. The lowest BCUT2D eigenvalue weighted by Crippen LogP contribution is -2.09. The normalized spacial score (nSPS) is 10.6. The standard InChI is InChI=1S/C22H17NS2/c24-22-16-15-21(25-22)17-11-13-20(14-12-17)23(18-7-3-1-4-8-18)19-9-5-2-6-10-19/h1-16,24H. The first-order valence-electron chi connectivity index (χ1n) is 8.11. The monoisotopic (exact) mass is 359 g/mol. The third kappa shape index (κ3) is 3.48. The molecule has 0 radical (unpaired) electrons. The van der Waals surface area contributed by atoms with Gasteiger partial charge in [0.05, 0.1) is 4.21 Å². The van der Waals surface area contributed by atoms with E-state index in [2.05, 4.69) is 96.4 Å². The number of hydrogen-bond acceptors (Lipinski definition) is 3. The van der Waals surface area contributed by atoms with Crippen molar-refractivity contribution in [1.29, 1.82) is 0 Å². The molecule has 4 aromatic rings. The number of thiol groups is 1. The molecule has 1 aromatic heterocycles. The Morgan fingerprint density at radius 1 is 0.560 bits per heavy atom. The van der Waals surface area contributed by atoms with E-state index in [1.54, 1.807) is 11.3 Å². The van der Waals surface area contributed by atoms with Crippen molar-refractivity contribution in [1.82, 2.24) is 0 Å². The van der Waals surface area contributed by atoms with Gasteiger partial charge in [0.25, 0.3) is 0 Å². The maximum Gasteiger partial charge on any atom is 0.0574 e. The number of para-hydroxylation sites is 2. The first-order valence-corrected chi connectivity index (χ1v) is 9.37. The lowest BCUT2D eigenvalue weighted by Gasteiger charge is -2.25. The van der Waals surface area contributed by atoms with Gasteiger partial charge in [0.1, 0.15) is 0 Å². The number of hydrogen-bond donors (Lipinski definition) is 1. The van der Waals surface area contributed by atoms with E-state index in [9.17, 15) is 0 Å². The SMILES string of the molecule is Sc1ccc(-c2ccc(N(c3ccccc3)c3ccccc3)cc2)s1. The molecule has 1 nitrogen and oxygen atoms in total. The third-order valence-corrected chi connectivity index (χ3v) is 5.39. The molecular weight excluding hydrogens is 342 g/mol. The molecule has 0 aliphatic carbocycles. The fourth-order valence-electron chi connectivity index (χ4n) is 2.86. The van der Waals surface area contributed by atoms with E-state index in [-0.39, 0.29) is 0 Å². The number of rotatable bonds is 4. The fourth-order valence-corrected chi connectivity index (χ4v) is 3.98. The van der Waals surface area contributed by atoms with Gasteiger partial charge in [0, 0.05) is 21.9 Å². The van der Waals surface area contributed by atoms with Crippen LogP contribution in [0.15, 0.2) is 101 Å². The van der Waals surface area contributed by atoms with Crippen molar-refractivity contribution in [3.8, 4) is 10.4 Å². The molecule has 0 unspecified atom stereocenters. The van der Waals surface area contributed by atoms with Crippen LogP contribution in [0.4, 0.5) is 17.1 Å². The molecule has 3 aromatic carbocycles. The zero-order valence-electron chi connectivity index (χ0n) is 13.5. The molecule has 25 heavy (non-hydrogen) atoms. The van der Waals surface area contributed by atoms with Crippen LogP contribution in [0.3, 0.4) is 0 Å². The van der Waals surface area contributed by atoms with E-state index in [0.717, 1.165) is 21.3 Å². The van der Waals surface area contributed by atoms with E-state index >= 15 is 0 Å². The summed E-state index contributed by atoms with van der Waals surface area (Å²) in [6.45, 7) is 0. The predicted molar refractivity (Wildman–Crippen MR) is 112 cm³/mol. The zero-order valence-corrected chi connectivity index (χ0v) is 15.3. The highest BCUT2D eigenvalue weighted by Gasteiger charge is 2.12. The second kappa shape index (κ2) is 7.18. The molecule has 0 aliphatic heterocycles. The van der Waals surface area contributed by atoms with E-state index in [1.165, 1.54) is 10.4 Å². The molecule has 0 N–H and O–H groups in total. The maximum absolute atomic E-state index is 4.41. The topological polar surface area (TPSA) is 3.24 Å². The molecule has 3 heteroatoms. The largest absolute Gasteiger partial charge is 0.311 e. The first kappa shape index (κ1) is 16.0. The second-order valence-corrected chi connectivity index (χ2v) is 7.56. The van der Waals surface area contributed by atoms with Crippen molar-refractivity contribution >= 4 is 41.0 Å². The first-order chi connectivity index (χ1) is 12.3. The van der Waals surface area contributed by atoms with Gasteiger partial charge in [0.2, 0.25) is 0 Å². The minimum atomic E-state index is 1.04. The van der Waals surface area contributed by atoms with Gasteiger partial charge in [-0.1, -0.05) is 48.5 Å². The fraction of sp³-hybridized carbons (Fsp3) is 0. The van der Waals surface area contributed by atoms with Crippen molar-refractivity contribution in [2.75, 3.05) is 4.90 Å². The summed E-state index contributed by atoms with van der Waals surface area (Å²) in [7, 11) is 0. The van der Waals surface area contributed by atoms with Crippen LogP contribution in [0.25, 0.3) is 10.4 Å². The Morgan fingerprint density at radius 2 is 1.08 bits per heavy atom. The van der Waals surface area contributed by atoms with Gasteiger partial charge < -0.3 is 4.90 Å². The van der Waals surface area contributed by atoms with Gasteiger partial charge in [-0.15, -0.1) is 24.0 Å². The molecule has 0 spiro atoms. The Labute approximate surface area is 157 Å². The maximum atomic E-state index is 4.41. The summed E-state index contributed by atoms with van der Waals surface area (Å²) in [5.41, 5.74) is 4.66. The van der Waals surface area contributed by atoms with E-state index in [0.29, 0.717) is 0 Å². The summed E-state index contributed by atoms with van der Waals surface area (Å²) in [6.07, 6.45) is 0. The average Bonchev–Trinajstić information content (AvgIpc) is 3.11. The lowest BCUT2D eigenvalue weighted by atomic mass is 10.1. The molecule has 0 bridgehead atoms. The Bertz CT molecular complexity index is 905. The molecular formula is C22H17NS2. The van der Waals surface area contributed by atoms with Crippen LogP contribution in [0, 0.1) is 0 Å². The molecule has 0 aliphatic rings. The lowest BCUT2D eigenvalue weighted by molar-refractivity contribution is 1.28. The minimum absolute atomic E-state index is 1.04. The van der Waals surface area contributed by atoms with Crippen molar-refractivity contribution in [2.45, 2.75) is 4.21 Å². The molecule has 0 atom stereocenters. The number of anilines is 3. The quantitative estimate of drug-likeness (QED) is 0.378. The number of thiophene rings is 1. The Hall–Kier alpha value is -2.49. The van der Waals surface area contributed by atoms with E-state index < -0.39 is 0 Å².